The number of benzene rings is 1. The van der Waals surface area contributed by atoms with Gasteiger partial charge in [0.2, 0.25) is 0 Å². The highest BCUT2D eigenvalue weighted by atomic mass is 16.5. The number of hydrogen-bond acceptors (Lipinski definition) is 5. The minimum Gasteiger partial charge on any atom is -0.394 e. The lowest BCUT2D eigenvalue weighted by atomic mass is 10.0. The molecule has 0 aliphatic rings. The van der Waals surface area contributed by atoms with Crippen molar-refractivity contribution < 1.29 is 14.6 Å². The van der Waals surface area contributed by atoms with Crippen LogP contribution in [0.25, 0.3) is 0 Å². The van der Waals surface area contributed by atoms with Crippen LogP contribution in [0, 0.1) is 11.3 Å². The Kier molecular flexibility index (Phi) is 8.63. The zero-order valence-electron chi connectivity index (χ0n) is 12.7. The van der Waals surface area contributed by atoms with Crippen molar-refractivity contribution in [1.29, 1.82) is 5.26 Å². The van der Waals surface area contributed by atoms with Crippen molar-refractivity contribution in [2.24, 2.45) is 0 Å². The molecule has 21 heavy (non-hydrogen) atoms. The smallest absolute Gasteiger partial charge is 0.0978 e. The molecule has 0 fully saturated rings. The van der Waals surface area contributed by atoms with Gasteiger partial charge in [0.15, 0.2) is 0 Å². The van der Waals surface area contributed by atoms with Crippen LogP contribution < -0.4 is 0 Å². The highest BCUT2D eigenvalue weighted by Crippen LogP contribution is 2.24. The molecule has 5 nitrogen and oxygen atoms in total. The first kappa shape index (κ1) is 17.6. The van der Waals surface area contributed by atoms with Crippen molar-refractivity contribution in [3.8, 4) is 6.07 Å². The van der Waals surface area contributed by atoms with E-state index in [1.165, 1.54) is 0 Å². The topological polar surface area (TPSA) is 65.7 Å². The van der Waals surface area contributed by atoms with Gasteiger partial charge >= 0.3 is 0 Å². The van der Waals surface area contributed by atoms with Gasteiger partial charge in [-0.05, 0) is 19.5 Å². The largest absolute Gasteiger partial charge is 0.394 e. The fraction of sp³-hybridized carbons (Fsp3) is 0.562. The average molecular weight is 292 g/mol. The number of nitrogens with zero attached hydrogens (tertiary/aromatic N) is 2. The van der Waals surface area contributed by atoms with Crippen LogP contribution in [-0.2, 0) is 9.47 Å². The maximum Gasteiger partial charge on any atom is 0.0978 e. The summed E-state index contributed by atoms with van der Waals surface area (Å²) in [7, 11) is 1.91. The maximum atomic E-state index is 8.83. The zero-order chi connectivity index (χ0) is 15.5. The summed E-state index contributed by atoms with van der Waals surface area (Å²) in [5.74, 6) is 0. The van der Waals surface area contributed by atoms with E-state index in [2.05, 4.69) is 6.07 Å². The summed E-state index contributed by atoms with van der Waals surface area (Å²) in [6.45, 7) is 3.63. The summed E-state index contributed by atoms with van der Waals surface area (Å²) < 4.78 is 11.2. The van der Waals surface area contributed by atoms with E-state index >= 15 is 0 Å². The van der Waals surface area contributed by atoms with Gasteiger partial charge in [0.05, 0.1) is 45.1 Å². The predicted octanol–water partition coefficient (Wildman–Crippen LogP) is 1.60. The summed E-state index contributed by atoms with van der Waals surface area (Å²) in [5, 5.41) is 17.5. The molecule has 0 spiro atoms. The summed E-state index contributed by atoms with van der Waals surface area (Å²) in [4.78, 5) is 1.96. The standard InChI is InChI=1S/C16H24N2O3/c1-14(18(2)9-8-17)16(15-6-4-3-5-7-15)21-13-12-20-11-10-19/h3-7,14,16,19H,9-13H2,1-2H3/t14-,16-/m0/s1. The summed E-state index contributed by atoms with van der Waals surface area (Å²) in [6, 6.07) is 12.2. The van der Waals surface area contributed by atoms with E-state index in [0.29, 0.717) is 26.4 Å². The molecule has 0 saturated carbocycles. The molecule has 0 aromatic heterocycles. The first-order valence-electron chi connectivity index (χ1n) is 7.13. The van der Waals surface area contributed by atoms with Gasteiger partial charge in [-0.1, -0.05) is 30.3 Å². The van der Waals surface area contributed by atoms with Gasteiger partial charge in [0.1, 0.15) is 0 Å². The molecule has 1 aromatic rings. The monoisotopic (exact) mass is 292 g/mol. The van der Waals surface area contributed by atoms with Gasteiger partial charge in [-0.15, -0.1) is 0 Å². The fourth-order valence-corrected chi connectivity index (χ4v) is 2.04. The second kappa shape index (κ2) is 10.3. The molecule has 0 heterocycles. The van der Waals surface area contributed by atoms with Gasteiger partial charge in [-0.2, -0.15) is 5.26 Å². The molecular weight excluding hydrogens is 268 g/mol. The predicted molar refractivity (Wildman–Crippen MR) is 80.7 cm³/mol. The first-order valence-corrected chi connectivity index (χ1v) is 7.13. The molecule has 0 bridgehead atoms. The molecule has 1 rings (SSSR count). The third-order valence-corrected chi connectivity index (χ3v) is 3.34. The van der Waals surface area contributed by atoms with E-state index in [0.717, 1.165) is 5.56 Å². The maximum absolute atomic E-state index is 8.83. The van der Waals surface area contributed by atoms with Crippen molar-refractivity contribution in [3.63, 3.8) is 0 Å². The number of nitriles is 1. The van der Waals surface area contributed by atoms with Crippen LogP contribution in [0.15, 0.2) is 30.3 Å². The molecule has 116 valence electrons. The quantitative estimate of drug-likeness (QED) is 0.524. The third-order valence-electron chi connectivity index (χ3n) is 3.34. The van der Waals surface area contributed by atoms with Crippen LogP contribution in [-0.4, -0.2) is 56.1 Å². The molecule has 0 unspecified atom stereocenters. The van der Waals surface area contributed by atoms with Crippen molar-refractivity contribution in [1.82, 2.24) is 4.90 Å². The first-order chi connectivity index (χ1) is 10.2. The van der Waals surface area contributed by atoms with Crippen molar-refractivity contribution in [2.45, 2.75) is 19.1 Å². The van der Waals surface area contributed by atoms with Gasteiger partial charge < -0.3 is 14.6 Å². The Labute approximate surface area is 126 Å². The number of hydrogen-bond donors (Lipinski definition) is 1. The second-order valence-electron chi connectivity index (χ2n) is 4.85. The molecule has 0 radical (unpaired) electrons. The number of likely N-dealkylation sites (N-methyl/N-ethyl adjacent to an activating group) is 1. The van der Waals surface area contributed by atoms with Gasteiger partial charge in [-0.25, -0.2) is 0 Å². The van der Waals surface area contributed by atoms with Crippen LogP contribution in [0.3, 0.4) is 0 Å². The SMILES string of the molecule is C[C@@H]([C@H](OCCOCCO)c1ccccc1)N(C)CC#N. The molecular formula is C16H24N2O3. The van der Waals surface area contributed by atoms with E-state index < -0.39 is 0 Å². The van der Waals surface area contributed by atoms with Gasteiger partial charge in [0, 0.05) is 6.04 Å². The van der Waals surface area contributed by atoms with E-state index in [-0.39, 0.29) is 18.8 Å². The molecule has 0 aliphatic carbocycles. The Morgan fingerprint density at radius 2 is 1.95 bits per heavy atom. The molecule has 0 aliphatic heterocycles. The normalized spacial score (nSPS) is 13.9. The Hall–Kier alpha value is -1.45. The Morgan fingerprint density at radius 1 is 1.24 bits per heavy atom. The number of ether oxygens (including phenoxy) is 2. The minimum atomic E-state index is -0.123. The van der Waals surface area contributed by atoms with E-state index in [1.807, 2.05) is 49.2 Å². The van der Waals surface area contributed by atoms with E-state index in [9.17, 15) is 0 Å². The van der Waals surface area contributed by atoms with E-state index in [4.69, 9.17) is 19.8 Å². The van der Waals surface area contributed by atoms with Crippen molar-refractivity contribution in [3.05, 3.63) is 35.9 Å². The lowest BCUT2D eigenvalue weighted by molar-refractivity contribution is -0.0329. The Bertz CT molecular complexity index is 419. The van der Waals surface area contributed by atoms with Crippen molar-refractivity contribution in [2.75, 3.05) is 40.0 Å². The van der Waals surface area contributed by atoms with Crippen LogP contribution >= 0.6 is 0 Å². The summed E-state index contributed by atoms with van der Waals surface area (Å²) >= 11 is 0. The summed E-state index contributed by atoms with van der Waals surface area (Å²) in [6.07, 6.45) is -0.123. The van der Waals surface area contributed by atoms with Gasteiger partial charge in [-0.3, -0.25) is 4.90 Å². The lowest BCUT2D eigenvalue weighted by Crippen LogP contribution is -2.36. The van der Waals surface area contributed by atoms with Crippen molar-refractivity contribution >= 4 is 0 Å². The second-order valence-corrected chi connectivity index (χ2v) is 4.85. The number of rotatable bonds is 10. The van der Waals surface area contributed by atoms with E-state index in [1.54, 1.807) is 0 Å². The fourth-order valence-electron chi connectivity index (χ4n) is 2.04. The molecule has 0 saturated heterocycles. The lowest BCUT2D eigenvalue weighted by Gasteiger charge is -2.30. The summed E-state index contributed by atoms with van der Waals surface area (Å²) in [5.41, 5.74) is 1.08. The average Bonchev–Trinajstić information content (AvgIpc) is 2.51. The number of aliphatic hydroxyl groups is 1. The van der Waals surface area contributed by atoms with Gasteiger partial charge in [0.25, 0.3) is 0 Å². The number of aliphatic hydroxyl groups excluding tert-OH is 1. The highest BCUT2D eigenvalue weighted by molar-refractivity contribution is 5.19. The molecule has 1 aromatic carbocycles. The molecule has 5 heteroatoms. The van der Waals surface area contributed by atoms with Crippen LogP contribution in [0.1, 0.15) is 18.6 Å². The zero-order valence-corrected chi connectivity index (χ0v) is 12.7. The molecule has 2 atom stereocenters. The molecule has 0 amide bonds. The van der Waals surface area contributed by atoms with Crippen LogP contribution in [0.5, 0.6) is 0 Å². The molecule has 1 N–H and O–H groups in total. The Balaban J connectivity index is 2.65. The third kappa shape index (κ3) is 6.23. The van der Waals surface area contributed by atoms with Crippen LogP contribution in [0.2, 0.25) is 0 Å². The Morgan fingerprint density at radius 3 is 2.57 bits per heavy atom. The highest BCUT2D eigenvalue weighted by Gasteiger charge is 2.23. The minimum absolute atomic E-state index is 0.0173. The van der Waals surface area contributed by atoms with Crippen LogP contribution in [0.4, 0.5) is 0 Å².